The van der Waals surface area contributed by atoms with Crippen molar-refractivity contribution in [3.05, 3.63) is 28.8 Å². The van der Waals surface area contributed by atoms with Gasteiger partial charge in [0.1, 0.15) is 17.5 Å². The van der Waals surface area contributed by atoms with E-state index in [1.807, 2.05) is 19.9 Å². The molecule has 0 saturated heterocycles. The Hall–Kier alpha value is -1.64. The Morgan fingerprint density at radius 2 is 1.67 bits per heavy atom. The number of nitrogen functional groups attached to an aromatic ring is 1. The molecule has 0 saturated carbocycles. The molecule has 0 aliphatic heterocycles. The van der Waals surface area contributed by atoms with Gasteiger partial charge in [0.25, 0.3) is 0 Å². The van der Waals surface area contributed by atoms with Crippen LogP contribution in [0.2, 0.25) is 0 Å². The van der Waals surface area contributed by atoms with E-state index < -0.39 is 5.92 Å². The molecule has 1 rings (SSSR count). The zero-order chi connectivity index (χ0) is 13.9. The van der Waals surface area contributed by atoms with E-state index in [0.29, 0.717) is 11.3 Å². The molecule has 0 aliphatic carbocycles. The molecular formula is C15H21NO2. The van der Waals surface area contributed by atoms with Gasteiger partial charge in [0.05, 0.1) is 0 Å². The van der Waals surface area contributed by atoms with Gasteiger partial charge in [-0.1, -0.05) is 26.0 Å². The molecule has 3 heteroatoms. The van der Waals surface area contributed by atoms with E-state index in [9.17, 15) is 9.59 Å². The minimum Gasteiger partial charge on any atom is -0.398 e. The van der Waals surface area contributed by atoms with Crippen LogP contribution in [0.4, 0.5) is 5.69 Å². The van der Waals surface area contributed by atoms with Gasteiger partial charge in [-0.3, -0.25) is 9.59 Å². The first-order chi connectivity index (χ1) is 8.42. The van der Waals surface area contributed by atoms with Gasteiger partial charge in [0.2, 0.25) is 0 Å². The van der Waals surface area contributed by atoms with E-state index in [4.69, 9.17) is 5.73 Å². The van der Waals surface area contributed by atoms with Crippen LogP contribution in [0.15, 0.2) is 12.1 Å². The van der Waals surface area contributed by atoms with Crippen molar-refractivity contribution in [1.29, 1.82) is 0 Å². The number of ketones is 2. The van der Waals surface area contributed by atoms with Crippen molar-refractivity contribution in [3.63, 3.8) is 0 Å². The van der Waals surface area contributed by atoms with Crippen LogP contribution in [0.25, 0.3) is 0 Å². The summed E-state index contributed by atoms with van der Waals surface area (Å²) in [7, 11) is 0. The number of Topliss-reactive ketones (excluding diaryl/α,β-unsaturated/α-hetero) is 2. The lowest BCUT2D eigenvalue weighted by atomic mass is 9.87. The van der Waals surface area contributed by atoms with Crippen molar-refractivity contribution >= 4 is 17.3 Å². The molecule has 0 atom stereocenters. The summed E-state index contributed by atoms with van der Waals surface area (Å²) < 4.78 is 0. The molecule has 1 aromatic carbocycles. The molecule has 2 N–H and O–H groups in total. The van der Waals surface area contributed by atoms with E-state index in [1.54, 1.807) is 0 Å². The molecule has 3 nitrogen and oxygen atoms in total. The van der Waals surface area contributed by atoms with Gasteiger partial charge in [0, 0.05) is 5.69 Å². The molecule has 1 aromatic rings. The number of hydrogen-bond acceptors (Lipinski definition) is 3. The van der Waals surface area contributed by atoms with Crippen molar-refractivity contribution in [1.82, 2.24) is 0 Å². The first-order valence-corrected chi connectivity index (χ1v) is 6.34. The highest BCUT2D eigenvalue weighted by Crippen LogP contribution is 2.29. The van der Waals surface area contributed by atoms with Crippen LogP contribution in [0.1, 0.15) is 50.3 Å². The molecule has 0 heterocycles. The molecule has 18 heavy (non-hydrogen) atoms. The third-order valence-electron chi connectivity index (χ3n) is 3.27. The summed E-state index contributed by atoms with van der Waals surface area (Å²) in [5, 5.41) is 0. The third-order valence-corrected chi connectivity index (χ3v) is 3.27. The minimum atomic E-state index is -0.721. The van der Waals surface area contributed by atoms with Gasteiger partial charge in [-0.15, -0.1) is 0 Å². The maximum Gasteiger partial charge on any atom is 0.144 e. The molecular weight excluding hydrogens is 226 g/mol. The second-order valence-electron chi connectivity index (χ2n) is 4.62. The fraction of sp³-hybridized carbons (Fsp3) is 0.467. The Labute approximate surface area is 108 Å². The number of carbonyl (C=O) groups excluding carboxylic acids is 2. The average molecular weight is 247 g/mol. The number of anilines is 1. The maximum atomic E-state index is 11.7. The molecule has 98 valence electrons. The predicted molar refractivity (Wildman–Crippen MR) is 73.7 cm³/mol. The van der Waals surface area contributed by atoms with E-state index in [-0.39, 0.29) is 11.6 Å². The average Bonchev–Trinajstić information content (AvgIpc) is 2.30. The Balaban J connectivity index is 3.45. The SMILES string of the molecule is CCc1cc(CC)c(N)c(C(C(C)=O)C(C)=O)c1. The number of carbonyl (C=O) groups is 2. The van der Waals surface area contributed by atoms with Gasteiger partial charge in [0.15, 0.2) is 0 Å². The summed E-state index contributed by atoms with van der Waals surface area (Å²) in [6.45, 7) is 6.95. The Kier molecular flexibility index (Phi) is 4.65. The number of nitrogens with two attached hydrogens (primary N) is 1. The Bertz CT molecular complexity index is 464. The van der Waals surface area contributed by atoms with Crippen LogP contribution < -0.4 is 5.73 Å². The lowest BCUT2D eigenvalue weighted by Gasteiger charge is -2.17. The van der Waals surface area contributed by atoms with Crippen LogP contribution >= 0.6 is 0 Å². The van der Waals surface area contributed by atoms with Gasteiger partial charge < -0.3 is 5.73 Å². The number of benzene rings is 1. The third kappa shape index (κ3) is 2.78. The van der Waals surface area contributed by atoms with Gasteiger partial charge in [-0.2, -0.15) is 0 Å². The monoisotopic (exact) mass is 247 g/mol. The molecule has 0 bridgehead atoms. The van der Waals surface area contributed by atoms with E-state index in [0.717, 1.165) is 24.0 Å². The summed E-state index contributed by atoms with van der Waals surface area (Å²) in [6.07, 6.45) is 1.66. The van der Waals surface area contributed by atoms with Crippen molar-refractivity contribution < 1.29 is 9.59 Å². The van der Waals surface area contributed by atoms with Crippen LogP contribution in [-0.2, 0) is 22.4 Å². The van der Waals surface area contributed by atoms with Crippen molar-refractivity contribution in [3.8, 4) is 0 Å². The molecule has 0 radical (unpaired) electrons. The standard InChI is InChI=1S/C15H21NO2/c1-5-11-7-12(6-2)15(16)13(8-11)14(9(3)17)10(4)18/h7-8,14H,5-6,16H2,1-4H3. The maximum absolute atomic E-state index is 11.7. The lowest BCUT2D eigenvalue weighted by molar-refractivity contribution is -0.126. The quantitative estimate of drug-likeness (QED) is 0.642. The van der Waals surface area contributed by atoms with Crippen molar-refractivity contribution in [2.24, 2.45) is 0 Å². The molecule has 0 unspecified atom stereocenters. The van der Waals surface area contributed by atoms with Crippen molar-refractivity contribution in [2.75, 3.05) is 5.73 Å². The zero-order valence-corrected chi connectivity index (χ0v) is 11.5. The number of hydrogen-bond donors (Lipinski definition) is 1. The van der Waals surface area contributed by atoms with Crippen LogP contribution in [-0.4, -0.2) is 11.6 Å². The fourth-order valence-corrected chi connectivity index (χ4v) is 2.27. The van der Waals surface area contributed by atoms with Crippen LogP contribution in [0.5, 0.6) is 0 Å². The Morgan fingerprint density at radius 1 is 1.11 bits per heavy atom. The van der Waals surface area contributed by atoms with E-state index >= 15 is 0 Å². The summed E-state index contributed by atoms with van der Waals surface area (Å²) >= 11 is 0. The molecule has 0 fully saturated rings. The van der Waals surface area contributed by atoms with E-state index in [1.165, 1.54) is 13.8 Å². The summed E-state index contributed by atoms with van der Waals surface area (Å²) in [4.78, 5) is 23.3. The first-order valence-electron chi connectivity index (χ1n) is 6.34. The largest absolute Gasteiger partial charge is 0.398 e. The fourth-order valence-electron chi connectivity index (χ4n) is 2.27. The molecule has 0 amide bonds. The topological polar surface area (TPSA) is 60.2 Å². The highest BCUT2D eigenvalue weighted by Gasteiger charge is 2.25. The normalized spacial score (nSPS) is 10.7. The van der Waals surface area contributed by atoms with Crippen molar-refractivity contribution in [2.45, 2.75) is 46.5 Å². The van der Waals surface area contributed by atoms with Crippen LogP contribution in [0.3, 0.4) is 0 Å². The molecule has 0 aliphatic rings. The summed E-state index contributed by atoms with van der Waals surface area (Å²) in [6, 6.07) is 3.94. The first kappa shape index (κ1) is 14.4. The smallest absolute Gasteiger partial charge is 0.144 e. The second kappa shape index (κ2) is 5.80. The van der Waals surface area contributed by atoms with Gasteiger partial charge >= 0.3 is 0 Å². The molecule has 0 spiro atoms. The van der Waals surface area contributed by atoms with Crippen LogP contribution in [0, 0.1) is 0 Å². The highest BCUT2D eigenvalue weighted by molar-refractivity contribution is 6.06. The predicted octanol–water partition coefficient (Wildman–Crippen LogP) is 2.66. The minimum absolute atomic E-state index is 0.149. The number of rotatable bonds is 5. The number of aryl methyl sites for hydroxylation is 2. The lowest BCUT2D eigenvalue weighted by Crippen LogP contribution is -2.19. The Morgan fingerprint density at radius 3 is 2.06 bits per heavy atom. The van der Waals surface area contributed by atoms with Gasteiger partial charge in [-0.05, 0) is 43.4 Å². The molecule has 0 aromatic heterocycles. The highest BCUT2D eigenvalue weighted by atomic mass is 16.1. The second-order valence-corrected chi connectivity index (χ2v) is 4.62. The summed E-state index contributed by atoms with van der Waals surface area (Å²) in [5.74, 6) is -1.02. The van der Waals surface area contributed by atoms with Gasteiger partial charge in [-0.25, -0.2) is 0 Å². The summed E-state index contributed by atoms with van der Waals surface area (Å²) in [5.41, 5.74) is 9.48. The van der Waals surface area contributed by atoms with E-state index in [2.05, 4.69) is 6.07 Å². The zero-order valence-electron chi connectivity index (χ0n) is 11.5.